The van der Waals surface area contributed by atoms with Crippen molar-refractivity contribution in [2.75, 3.05) is 13.1 Å². The fraction of sp³-hybridized carbons (Fsp3) is 0.500. The number of carbonyl (C=O) groups is 1. The number of likely N-dealkylation sites (tertiary alicyclic amines) is 1. The Hall–Kier alpha value is -1.35. The average molecular weight is 233 g/mol. The summed E-state index contributed by atoms with van der Waals surface area (Å²) in [6.07, 6.45) is 0. The highest BCUT2D eigenvalue weighted by molar-refractivity contribution is 5.72. The predicted molar refractivity (Wildman–Crippen MR) is 67.0 cm³/mol. The fourth-order valence-electron chi connectivity index (χ4n) is 2.54. The Labute approximate surface area is 102 Å². The van der Waals surface area contributed by atoms with Crippen LogP contribution in [-0.2, 0) is 4.79 Å². The molecule has 0 aliphatic carbocycles. The number of rotatable bonds is 3. The molecule has 92 valence electrons. The minimum atomic E-state index is -0.679. The van der Waals surface area contributed by atoms with Crippen LogP contribution in [0, 0.1) is 5.92 Å². The molecule has 3 heteroatoms. The molecule has 2 unspecified atom stereocenters. The second kappa shape index (κ2) is 4.88. The van der Waals surface area contributed by atoms with Crippen molar-refractivity contribution >= 4 is 5.97 Å². The van der Waals surface area contributed by atoms with Gasteiger partial charge in [-0.1, -0.05) is 30.3 Å². The van der Waals surface area contributed by atoms with Crippen molar-refractivity contribution in [3.8, 4) is 0 Å². The van der Waals surface area contributed by atoms with Crippen molar-refractivity contribution in [2.24, 2.45) is 5.92 Å². The number of aliphatic carboxylic acids is 1. The minimum Gasteiger partial charge on any atom is -0.481 e. The molecule has 1 saturated heterocycles. The number of hydrogen-bond acceptors (Lipinski definition) is 2. The normalized spacial score (nSPS) is 25.4. The molecule has 3 nitrogen and oxygen atoms in total. The Kier molecular flexibility index (Phi) is 3.48. The van der Waals surface area contributed by atoms with Gasteiger partial charge >= 0.3 is 5.97 Å². The highest BCUT2D eigenvalue weighted by Gasteiger charge is 2.39. The van der Waals surface area contributed by atoms with E-state index >= 15 is 0 Å². The number of nitrogens with zero attached hydrogens (tertiary/aromatic N) is 1. The molecule has 0 aromatic heterocycles. The Morgan fingerprint density at radius 3 is 2.47 bits per heavy atom. The summed E-state index contributed by atoms with van der Waals surface area (Å²) in [6.45, 7) is 5.74. The first-order valence-corrected chi connectivity index (χ1v) is 6.11. The Morgan fingerprint density at radius 1 is 1.29 bits per heavy atom. The molecule has 2 rings (SSSR count). The summed E-state index contributed by atoms with van der Waals surface area (Å²) in [4.78, 5) is 13.6. The van der Waals surface area contributed by atoms with E-state index in [9.17, 15) is 9.90 Å². The molecule has 1 aliphatic heterocycles. The van der Waals surface area contributed by atoms with Crippen LogP contribution < -0.4 is 0 Å². The predicted octanol–water partition coefficient (Wildman–Crippen LogP) is 2.20. The molecule has 1 fully saturated rings. The van der Waals surface area contributed by atoms with Gasteiger partial charge in [0.25, 0.3) is 0 Å². The van der Waals surface area contributed by atoms with E-state index in [1.807, 2.05) is 30.3 Å². The minimum absolute atomic E-state index is 0.121. The van der Waals surface area contributed by atoms with E-state index in [-0.39, 0.29) is 11.8 Å². The second-order valence-electron chi connectivity index (χ2n) is 5.01. The Morgan fingerprint density at radius 2 is 1.94 bits per heavy atom. The molecule has 2 atom stereocenters. The zero-order valence-electron chi connectivity index (χ0n) is 10.3. The third-order valence-electron chi connectivity index (χ3n) is 3.62. The summed E-state index contributed by atoms with van der Waals surface area (Å²) in [7, 11) is 0. The largest absolute Gasteiger partial charge is 0.481 e. The van der Waals surface area contributed by atoms with Crippen LogP contribution in [-0.4, -0.2) is 35.1 Å². The topological polar surface area (TPSA) is 40.5 Å². The van der Waals surface area contributed by atoms with Gasteiger partial charge in [0.05, 0.1) is 5.92 Å². The molecule has 0 bridgehead atoms. The van der Waals surface area contributed by atoms with Crippen LogP contribution in [0.25, 0.3) is 0 Å². The van der Waals surface area contributed by atoms with E-state index in [4.69, 9.17) is 0 Å². The van der Waals surface area contributed by atoms with E-state index < -0.39 is 5.97 Å². The molecule has 1 aromatic carbocycles. The molecule has 1 N–H and O–H groups in total. The maximum Gasteiger partial charge on any atom is 0.308 e. The molecular formula is C14H19NO2. The first-order valence-electron chi connectivity index (χ1n) is 6.11. The molecular weight excluding hydrogens is 214 g/mol. The lowest BCUT2D eigenvalue weighted by Gasteiger charge is -2.20. The van der Waals surface area contributed by atoms with Crippen molar-refractivity contribution in [1.82, 2.24) is 4.90 Å². The lowest BCUT2D eigenvalue weighted by molar-refractivity contribution is -0.141. The average Bonchev–Trinajstić information content (AvgIpc) is 2.75. The van der Waals surface area contributed by atoms with Gasteiger partial charge in [-0.2, -0.15) is 0 Å². The summed E-state index contributed by atoms with van der Waals surface area (Å²) in [5, 5.41) is 9.32. The van der Waals surface area contributed by atoms with Crippen molar-refractivity contribution in [2.45, 2.75) is 25.8 Å². The third-order valence-corrected chi connectivity index (χ3v) is 3.62. The first kappa shape index (κ1) is 12.1. The monoisotopic (exact) mass is 233 g/mol. The Balaban J connectivity index is 2.23. The zero-order chi connectivity index (χ0) is 12.4. The number of hydrogen-bond donors (Lipinski definition) is 1. The smallest absolute Gasteiger partial charge is 0.308 e. The summed E-state index contributed by atoms with van der Waals surface area (Å²) in [5.41, 5.74) is 1.14. The highest BCUT2D eigenvalue weighted by atomic mass is 16.4. The summed E-state index contributed by atoms with van der Waals surface area (Å²) < 4.78 is 0. The highest BCUT2D eigenvalue weighted by Crippen LogP contribution is 2.33. The van der Waals surface area contributed by atoms with Gasteiger partial charge in [0.1, 0.15) is 0 Å². The molecule has 0 saturated carbocycles. The molecule has 1 aliphatic rings. The standard InChI is InChI=1S/C14H19NO2/c1-10(2)15-8-12(13(9-15)14(16)17)11-6-4-3-5-7-11/h3-7,10,12-13H,8-9H2,1-2H3,(H,16,17). The fourth-order valence-corrected chi connectivity index (χ4v) is 2.54. The van der Waals surface area contributed by atoms with Gasteiger partial charge in [0.15, 0.2) is 0 Å². The van der Waals surface area contributed by atoms with Crippen molar-refractivity contribution in [3.63, 3.8) is 0 Å². The van der Waals surface area contributed by atoms with Crippen LogP contribution in [0.1, 0.15) is 25.3 Å². The van der Waals surface area contributed by atoms with Crippen LogP contribution in [0.3, 0.4) is 0 Å². The second-order valence-corrected chi connectivity index (χ2v) is 5.01. The SMILES string of the molecule is CC(C)N1CC(C(=O)O)C(c2ccccc2)C1. The molecule has 0 spiro atoms. The first-order chi connectivity index (χ1) is 8.09. The van der Waals surface area contributed by atoms with Gasteiger partial charge in [-0.25, -0.2) is 0 Å². The van der Waals surface area contributed by atoms with E-state index in [0.29, 0.717) is 12.6 Å². The van der Waals surface area contributed by atoms with Gasteiger partial charge in [0, 0.05) is 25.0 Å². The molecule has 1 aromatic rings. The zero-order valence-corrected chi connectivity index (χ0v) is 10.3. The Bertz CT molecular complexity index is 388. The van der Waals surface area contributed by atoms with Gasteiger partial charge < -0.3 is 5.11 Å². The molecule has 17 heavy (non-hydrogen) atoms. The maximum absolute atomic E-state index is 11.3. The lowest BCUT2D eigenvalue weighted by Crippen LogP contribution is -2.29. The van der Waals surface area contributed by atoms with Crippen LogP contribution in [0.5, 0.6) is 0 Å². The van der Waals surface area contributed by atoms with E-state index in [1.165, 1.54) is 0 Å². The third kappa shape index (κ3) is 2.50. The van der Waals surface area contributed by atoms with Gasteiger partial charge in [-0.15, -0.1) is 0 Å². The van der Waals surface area contributed by atoms with Crippen LogP contribution in [0.4, 0.5) is 0 Å². The maximum atomic E-state index is 11.3. The summed E-state index contributed by atoms with van der Waals surface area (Å²) >= 11 is 0. The van der Waals surface area contributed by atoms with Crippen molar-refractivity contribution in [3.05, 3.63) is 35.9 Å². The van der Waals surface area contributed by atoms with Gasteiger partial charge in [0.2, 0.25) is 0 Å². The number of benzene rings is 1. The van der Waals surface area contributed by atoms with Gasteiger partial charge in [-0.3, -0.25) is 9.69 Å². The summed E-state index contributed by atoms with van der Waals surface area (Å²) in [6, 6.07) is 10.4. The lowest BCUT2D eigenvalue weighted by atomic mass is 9.89. The van der Waals surface area contributed by atoms with Crippen molar-refractivity contribution < 1.29 is 9.90 Å². The van der Waals surface area contributed by atoms with Crippen LogP contribution in [0.2, 0.25) is 0 Å². The molecule has 0 radical (unpaired) electrons. The van der Waals surface area contributed by atoms with Crippen LogP contribution in [0.15, 0.2) is 30.3 Å². The van der Waals surface area contributed by atoms with Crippen LogP contribution >= 0.6 is 0 Å². The van der Waals surface area contributed by atoms with E-state index in [1.54, 1.807) is 0 Å². The van der Waals surface area contributed by atoms with E-state index in [0.717, 1.165) is 12.1 Å². The van der Waals surface area contributed by atoms with Gasteiger partial charge in [-0.05, 0) is 19.4 Å². The number of carboxylic acids is 1. The van der Waals surface area contributed by atoms with Crippen molar-refractivity contribution in [1.29, 1.82) is 0 Å². The van der Waals surface area contributed by atoms with E-state index in [2.05, 4.69) is 18.7 Å². The quantitative estimate of drug-likeness (QED) is 0.870. The molecule has 1 heterocycles. The molecule has 0 amide bonds. The summed E-state index contributed by atoms with van der Waals surface area (Å²) in [5.74, 6) is -0.835. The number of carboxylic acid groups (broad SMARTS) is 1.